The highest BCUT2D eigenvalue weighted by molar-refractivity contribution is 4.95. The Morgan fingerprint density at radius 2 is 2.50 bits per heavy atom. The number of nitrogens with zero attached hydrogens (tertiary/aromatic N) is 2. The lowest BCUT2D eigenvalue weighted by Crippen LogP contribution is -2.52. The van der Waals surface area contributed by atoms with Crippen LogP contribution in [0, 0.1) is 23.8 Å². The zero-order valence-electron chi connectivity index (χ0n) is 7.75. The molecule has 0 aliphatic carbocycles. The number of nitrogens with one attached hydrogen (secondary N) is 1. The van der Waals surface area contributed by atoms with Crippen molar-refractivity contribution < 1.29 is 0 Å². The van der Waals surface area contributed by atoms with E-state index in [-0.39, 0.29) is 5.92 Å². The van der Waals surface area contributed by atoms with Crippen LogP contribution in [0.15, 0.2) is 0 Å². The number of hydrogen-bond acceptors (Lipinski definition) is 3. The highest BCUT2D eigenvalue weighted by Gasteiger charge is 2.25. The summed E-state index contributed by atoms with van der Waals surface area (Å²) in [5, 5.41) is 12.1. The van der Waals surface area contributed by atoms with Gasteiger partial charge in [0.2, 0.25) is 0 Å². The first-order valence-electron chi connectivity index (χ1n) is 4.45. The number of nitriles is 1. The van der Waals surface area contributed by atoms with Crippen molar-refractivity contribution in [3.8, 4) is 6.07 Å². The van der Waals surface area contributed by atoms with E-state index in [0.717, 1.165) is 19.6 Å². The second-order valence-corrected chi connectivity index (χ2v) is 3.19. The van der Waals surface area contributed by atoms with Crippen LogP contribution < -0.4 is 5.32 Å². The lowest BCUT2D eigenvalue weighted by molar-refractivity contribution is 0.174. The number of piperazine rings is 1. The molecule has 0 amide bonds. The molecule has 1 aliphatic rings. The Hall–Kier alpha value is -0.590. The molecular weight excluding hydrogens is 150 g/mol. The van der Waals surface area contributed by atoms with Crippen LogP contribution in [0.2, 0.25) is 0 Å². The summed E-state index contributed by atoms with van der Waals surface area (Å²) in [7, 11) is 0. The first-order valence-corrected chi connectivity index (χ1v) is 4.45. The maximum atomic E-state index is 8.78. The predicted octanol–water partition coefficient (Wildman–Crippen LogP) is 0.602. The van der Waals surface area contributed by atoms with Crippen LogP contribution in [-0.2, 0) is 0 Å². The summed E-state index contributed by atoms with van der Waals surface area (Å²) in [5.41, 5.74) is 0. The van der Waals surface area contributed by atoms with Gasteiger partial charge in [0.1, 0.15) is 0 Å². The third-order valence-electron chi connectivity index (χ3n) is 2.44. The van der Waals surface area contributed by atoms with Crippen molar-refractivity contribution in [1.82, 2.24) is 10.2 Å². The van der Waals surface area contributed by atoms with E-state index < -0.39 is 0 Å². The van der Waals surface area contributed by atoms with Gasteiger partial charge >= 0.3 is 0 Å². The zero-order chi connectivity index (χ0) is 8.97. The van der Waals surface area contributed by atoms with Gasteiger partial charge in [-0.2, -0.15) is 5.26 Å². The van der Waals surface area contributed by atoms with Gasteiger partial charge in [0, 0.05) is 32.2 Å². The topological polar surface area (TPSA) is 39.1 Å². The maximum absolute atomic E-state index is 8.78. The average molecular weight is 166 g/mol. The summed E-state index contributed by atoms with van der Waals surface area (Å²) in [6.07, 6.45) is 0. The summed E-state index contributed by atoms with van der Waals surface area (Å²) in [5.74, 6) is 0.106. The van der Waals surface area contributed by atoms with E-state index in [9.17, 15) is 0 Å². The van der Waals surface area contributed by atoms with Crippen molar-refractivity contribution in [3.05, 3.63) is 6.54 Å². The van der Waals surface area contributed by atoms with Gasteiger partial charge in [0.15, 0.2) is 0 Å². The standard InChI is InChI=1S/C9H16N3/c1-3-12-5-4-11-7-9(12)8(2)6-10/h3,8-9,11H,4-5,7H2,1-2H3. The molecule has 0 aromatic heterocycles. The largest absolute Gasteiger partial charge is 0.314 e. The summed E-state index contributed by atoms with van der Waals surface area (Å²) in [4.78, 5) is 2.25. The van der Waals surface area contributed by atoms with Gasteiger partial charge in [-0.05, 0) is 13.8 Å². The lowest BCUT2D eigenvalue weighted by atomic mass is 10.0. The van der Waals surface area contributed by atoms with Crippen molar-refractivity contribution in [3.63, 3.8) is 0 Å². The molecule has 1 N–H and O–H groups in total. The summed E-state index contributed by atoms with van der Waals surface area (Å²) < 4.78 is 0. The van der Waals surface area contributed by atoms with Gasteiger partial charge in [0.25, 0.3) is 0 Å². The molecule has 67 valence electrons. The van der Waals surface area contributed by atoms with E-state index in [0.29, 0.717) is 6.04 Å². The molecule has 12 heavy (non-hydrogen) atoms. The van der Waals surface area contributed by atoms with Gasteiger partial charge in [-0.1, -0.05) is 0 Å². The van der Waals surface area contributed by atoms with E-state index in [2.05, 4.69) is 22.8 Å². The molecule has 0 bridgehead atoms. The van der Waals surface area contributed by atoms with Crippen molar-refractivity contribution >= 4 is 0 Å². The van der Waals surface area contributed by atoms with Crippen molar-refractivity contribution in [2.24, 2.45) is 5.92 Å². The minimum absolute atomic E-state index is 0.106. The number of hydrogen-bond donors (Lipinski definition) is 1. The monoisotopic (exact) mass is 166 g/mol. The fourth-order valence-electron chi connectivity index (χ4n) is 1.61. The Bertz CT molecular complexity index is 173. The molecule has 3 nitrogen and oxygen atoms in total. The van der Waals surface area contributed by atoms with E-state index in [4.69, 9.17) is 5.26 Å². The summed E-state index contributed by atoms with van der Waals surface area (Å²) in [6, 6.07) is 2.65. The van der Waals surface area contributed by atoms with Gasteiger partial charge in [0.05, 0.1) is 12.0 Å². The fourth-order valence-corrected chi connectivity index (χ4v) is 1.61. The minimum atomic E-state index is 0.106. The molecule has 1 rings (SSSR count). The quantitative estimate of drug-likeness (QED) is 0.653. The van der Waals surface area contributed by atoms with Gasteiger partial charge in [-0.25, -0.2) is 0 Å². The Morgan fingerprint density at radius 3 is 3.08 bits per heavy atom. The molecule has 1 saturated heterocycles. The van der Waals surface area contributed by atoms with Gasteiger partial charge in [-0.15, -0.1) is 0 Å². The predicted molar refractivity (Wildman–Crippen MR) is 48.1 cm³/mol. The smallest absolute Gasteiger partial charge is 0.0669 e. The van der Waals surface area contributed by atoms with E-state index >= 15 is 0 Å². The van der Waals surface area contributed by atoms with Crippen LogP contribution in [-0.4, -0.2) is 30.6 Å². The fraction of sp³-hybridized carbons (Fsp3) is 0.778. The average Bonchev–Trinajstić information content (AvgIpc) is 2.16. The maximum Gasteiger partial charge on any atom is 0.0669 e. The Balaban J connectivity index is 2.53. The van der Waals surface area contributed by atoms with Crippen molar-refractivity contribution in [2.75, 3.05) is 19.6 Å². The molecule has 2 unspecified atom stereocenters. The Kier molecular flexibility index (Phi) is 3.51. The van der Waals surface area contributed by atoms with Gasteiger partial charge in [-0.3, -0.25) is 4.90 Å². The molecule has 2 atom stereocenters. The molecule has 1 radical (unpaired) electrons. The van der Waals surface area contributed by atoms with E-state index in [1.54, 1.807) is 0 Å². The first kappa shape index (κ1) is 9.50. The third-order valence-corrected chi connectivity index (χ3v) is 2.44. The normalized spacial score (nSPS) is 27.9. The molecule has 1 aliphatic heterocycles. The molecule has 3 heteroatoms. The molecule has 0 aromatic rings. The van der Waals surface area contributed by atoms with Crippen LogP contribution in [0.1, 0.15) is 13.8 Å². The van der Waals surface area contributed by atoms with Crippen molar-refractivity contribution in [1.29, 1.82) is 5.26 Å². The molecule has 1 heterocycles. The van der Waals surface area contributed by atoms with Crippen LogP contribution >= 0.6 is 0 Å². The SMILES string of the molecule is C[CH]N1CCNCC1C(C)C#N. The van der Waals surface area contributed by atoms with Crippen LogP contribution in [0.4, 0.5) is 0 Å². The van der Waals surface area contributed by atoms with Crippen LogP contribution in [0.5, 0.6) is 0 Å². The third kappa shape index (κ3) is 1.96. The second-order valence-electron chi connectivity index (χ2n) is 3.19. The highest BCUT2D eigenvalue weighted by Crippen LogP contribution is 2.13. The highest BCUT2D eigenvalue weighted by atomic mass is 15.2. The molecule has 0 aromatic carbocycles. The lowest BCUT2D eigenvalue weighted by Gasteiger charge is -2.36. The number of rotatable bonds is 2. The molecular formula is C9H16N3. The van der Waals surface area contributed by atoms with Gasteiger partial charge < -0.3 is 5.32 Å². The van der Waals surface area contributed by atoms with Crippen LogP contribution in [0.3, 0.4) is 0 Å². The van der Waals surface area contributed by atoms with E-state index in [1.807, 2.05) is 13.8 Å². The molecule has 1 fully saturated rings. The second kappa shape index (κ2) is 4.44. The Morgan fingerprint density at radius 1 is 1.75 bits per heavy atom. The Labute approximate surface area is 74.4 Å². The summed E-state index contributed by atoms with van der Waals surface area (Å²) >= 11 is 0. The summed E-state index contributed by atoms with van der Waals surface area (Å²) in [6.45, 7) is 9.07. The molecule has 0 saturated carbocycles. The zero-order valence-corrected chi connectivity index (χ0v) is 7.75. The van der Waals surface area contributed by atoms with Crippen molar-refractivity contribution in [2.45, 2.75) is 19.9 Å². The molecule has 0 spiro atoms. The first-order chi connectivity index (χ1) is 5.79. The van der Waals surface area contributed by atoms with E-state index in [1.165, 1.54) is 0 Å². The minimum Gasteiger partial charge on any atom is -0.314 e. The van der Waals surface area contributed by atoms with Crippen LogP contribution in [0.25, 0.3) is 0 Å².